The van der Waals surface area contributed by atoms with E-state index >= 15 is 0 Å². The number of fused-ring (bicyclic) bond motifs is 4. The standard InChI is InChI=1S/C27H37N5/c1-30-13-15-31(16-14-30)25-8-2-5-22-18-29-23(17-24(22)25)19-32-12-4-7-21-10-9-20-6-3-11-28-26(20)27(21)32/h2-3,5-6,8,11,21,23,27,29H,4,7,9-10,12-19H2,1H3/t21-,23-,27?/m1/s1. The van der Waals surface area contributed by atoms with Crippen LogP contribution in [-0.2, 0) is 19.4 Å². The van der Waals surface area contributed by atoms with Crippen molar-refractivity contribution in [1.29, 1.82) is 0 Å². The number of benzene rings is 1. The van der Waals surface area contributed by atoms with Gasteiger partial charge in [0.2, 0.25) is 0 Å². The quantitative estimate of drug-likeness (QED) is 0.807. The van der Waals surface area contributed by atoms with E-state index in [4.69, 9.17) is 4.98 Å². The number of nitrogens with zero attached hydrogens (tertiary/aromatic N) is 4. The lowest BCUT2D eigenvalue weighted by Gasteiger charge is -2.46. The summed E-state index contributed by atoms with van der Waals surface area (Å²) in [6, 6.07) is 12.4. The molecule has 5 nitrogen and oxygen atoms in total. The van der Waals surface area contributed by atoms with Gasteiger partial charge in [-0.15, -0.1) is 0 Å². The maximum Gasteiger partial charge on any atom is 0.0610 e. The van der Waals surface area contributed by atoms with Crippen LogP contribution in [0.3, 0.4) is 0 Å². The molecule has 1 aromatic carbocycles. The van der Waals surface area contributed by atoms with Crippen LogP contribution in [0.15, 0.2) is 36.5 Å². The highest BCUT2D eigenvalue weighted by Crippen LogP contribution is 2.43. The van der Waals surface area contributed by atoms with Crippen LogP contribution in [-0.4, -0.2) is 67.1 Å². The molecule has 32 heavy (non-hydrogen) atoms. The number of piperidine rings is 1. The van der Waals surface area contributed by atoms with Crippen molar-refractivity contribution < 1.29 is 0 Å². The molecule has 170 valence electrons. The predicted molar refractivity (Wildman–Crippen MR) is 130 cm³/mol. The van der Waals surface area contributed by atoms with Gasteiger partial charge in [-0.2, -0.15) is 0 Å². The fraction of sp³-hybridized carbons (Fsp3) is 0.593. The molecule has 3 aliphatic heterocycles. The number of likely N-dealkylation sites (tertiary alicyclic amines) is 1. The van der Waals surface area contributed by atoms with E-state index in [9.17, 15) is 0 Å². The number of aryl methyl sites for hydroxylation is 1. The molecule has 0 saturated carbocycles. The van der Waals surface area contributed by atoms with Gasteiger partial charge in [-0.3, -0.25) is 9.88 Å². The van der Waals surface area contributed by atoms with Crippen molar-refractivity contribution in [2.45, 2.75) is 50.7 Å². The van der Waals surface area contributed by atoms with Gasteiger partial charge in [0.15, 0.2) is 0 Å². The van der Waals surface area contributed by atoms with Crippen molar-refractivity contribution in [3.8, 4) is 0 Å². The molecular weight excluding hydrogens is 394 g/mol. The second-order valence-electron chi connectivity index (χ2n) is 10.4. The molecule has 2 aromatic rings. The third kappa shape index (κ3) is 3.85. The lowest BCUT2D eigenvalue weighted by molar-refractivity contribution is 0.0661. The Balaban J connectivity index is 1.22. The Bertz CT molecular complexity index is 951. The number of anilines is 1. The summed E-state index contributed by atoms with van der Waals surface area (Å²) < 4.78 is 0. The number of piperazine rings is 1. The number of pyridine rings is 1. The fourth-order valence-electron chi connectivity index (χ4n) is 6.68. The number of nitrogens with one attached hydrogen (secondary N) is 1. The second kappa shape index (κ2) is 8.77. The number of hydrogen-bond donors (Lipinski definition) is 1. The Labute approximate surface area is 192 Å². The van der Waals surface area contributed by atoms with Gasteiger partial charge in [0.1, 0.15) is 0 Å². The third-order valence-corrected chi connectivity index (χ3v) is 8.43. The first kappa shape index (κ1) is 20.6. The first-order valence-electron chi connectivity index (χ1n) is 12.7. The van der Waals surface area contributed by atoms with Crippen molar-refractivity contribution in [3.63, 3.8) is 0 Å². The molecule has 4 heterocycles. The smallest absolute Gasteiger partial charge is 0.0610 e. The monoisotopic (exact) mass is 431 g/mol. The number of likely N-dealkylation sites (N-methyl/N-ethyl adjacent to an activating group) is 1. The van der Waals surface area contributed by atoms with Crippen molar-refractivity contribution in [1.82, 2.24) is 20.1 Å². The Morgan fingerprint density at radius 1 is 1.00 bits per heavy atom. The van der Waals surface area contributed by atoms with Gasteiger partial charge >= 0.3 is 0 Å². The highest BCUT2D eigenvalue weighted by atomic mass is 15.3. The average molecular weight is 432 g/mol. The lowest BCUT2D eigenvalue weighted by atomic mass is 9.76. The minimum Gasteiger partial charge on any atom is -0.369 e. The molecule has 0 radical (unpaired) electrons. The largest absolute Gasteiger partial charge is 0.369 e. The first-order valence-corrected chi connectivity index (χ1v) is 12.7. The highest BCUT2D eigenvalue weighted by molar-refractivity contribution is 5.58. The number of hydrogen-bond acceptors (Lipinski definition) is 5. The second-order valence-corrected chi connectivity index (χ2v) is 10.4. The van der Waals surface area contributed by atoms with Crippen LogP contribution in [0.5, 0.6) is 0 Å². The van der Waals surface area contributed by atoms with Crippen LogP contribution >= 0.6 is 0 Å². The maximum atomic E-state index is 4.89. The molecule has 4 aliphatic rings. The molecule has 1 unspecified atom stereocenters. The Hall–Kier alpha value is -1.95. The van der Waals surface area contributed by atoms with E-state index in [1.165, 1.54) is 54.7 Å². The van der Waals surface area contributed by atoms with Crippen LogP contribution in [0.1, 0.15) is 47.7 Å². The summed E-state index contributed by atoms with van der Waals surface area (Å²) in [7, 11) is 2.24. The molecule has 0 bridgehead atoms. The Morgan fingerprint density at radius 2 is 1.88 bits per heavy atom. The Morgan fingerprint density at radius 3 is 2.78 bits per heavy atom. The maximum absolute atomic E-state index is 4.89. The average Bonchev–Trinajstić information content (AvgIpc) is 2.84. The molecule has 1 N–H and O–H groups in total. The first-order chi connectivity index (χ1) is 15.8. The zero-order chi connectivity index (χ0) is 21.5. The van der Waals surface area contributed by atoms with Crippen LogP contribution in [0.2, 0.25) is 0 Å². The molecule has 2 saturated heterocycles. The third-order valence-electron chi connectivity index (χ3n) is 8.43. The Kier molecular flexibility index (Phi) is 5.66. The minimum atomic E-state index is 0.518. The highest BCUT2D eigenvalue weighted by Gasteiger charge is 2.38. The zero-order valence-electron chi connectivity index (χ0n) is 19.5. The van der Waals surface area contributed by atoms with E-state index < -0.39 is 0 Å². The van der Waals surface area contributed by atoms with Crippen molar-refractivity contribution in [3.05, 3.63) is 58.9 Å². The molecule has 0 amide bonds. The molecule has 2 fully saturated rings. The number of aromatic nitrogens is 1. The van der Waals surface area contributed by atoms with Crippen LogP contribution < -0.4 is 10.2 Å². The molecule has 1 aromatic heterocycles. The van der Waals surface area contributed by atoms with Gasteiger partial charge in [0.05, 0.1) is 11.7 Å². The van der Waals surface area contributed by atoms with E-state index in [0.29, 0.717) is 12.1 Å². The van der Waals surface area contributed by atoms with Gasteiger partial charge in [-0.25, -0.2) is 0 Å². The van der Waals surface area contributed by atoms with E-state index in [1.807, 2.05) is 6.20 Å². The lowest BCUT2D eigenvalue weighted by Crippen LogP contribution is -2.50. The normalized spacial score (nSPS) is 28.7. The summed E-state index contributed by atoms with van der Waals surface area (Å²) in [5.41, 5.74) is 7.44. The van der Waals surface area contributed by atoms with Crippen LogP contribution in [0.4, 0.5) is 5.69 Å². The fourth-order valence-corrected chi connectivity index (χ4v) is 6.68. The summed E-state index contributed by atoms with van der Waals surface area (Å²) in [5.74, 6) is 0.780. The molecule has 0 spiro atoms. The van der Waals surface area contributed by atoms with Crippen molar-refractivity contribution >= 4 is 5.69 Å². The van der Waals surface area contributed by atoms with Gasteiger partial charge in [0.25, 0.3) is 0 Å². The zero-order valence-corrected chi connectivity index (χ0v) is 19.5. The van der Waals surface area contributed by atoms with Crippen molar-refractivity contribution in [2.75, 3.05) is 51.2 Å². The molecule has 1 aliphatic carbocycles. The molecular formula is C27H37N5. The minimum absolute atomic E-state index is 0.518. The van der Waals surface area contributed by atoms with Gasteiger partial charge in [-0.1, -0.05) is 18.2 Å². The van der Waals surface area contributed by atoms with E-state index in [0.717, 1.165) is 51.6 Å². The van der Waals surface area contributed by atoms with Crippen molar-refractivity contribution in [2.24, 2.45) is 5.92 Å². The van der Waals surface area contributed by atoms with Gasteiger partial charge in [-0.05, 0) is 80.4 Å². The van der Waals surface area contributed by atoms with E-state index in [2.05, 4.69) is 57.4 Å². The molecule has 3 atom stereocenters. The summed E-state index contributed by atoms with van der Waals surface area (Å²) in [6.07, 6.45) is 8.38. The predicted octanol–water partition coefficient (Wildman–Crippen LogP) is 3.25. The summed E-state index contributed by atoms with van der Waals surface area (Å²) in [5, 5.41) is 3.89. The summed E-state index contributed by atoms with van der Waals surface area (Å²) in [4.78, 5) is 12.7. The van der Waals surface area contributed by atoms with Gasteiger partial charge in [0, 0.05) is 57.2 Å². The number of rotatable bonds is 3. The van der Waals surface area contributed by atoms with Crippen LogP contribution in [0, 0.1) is 5.92 Å². The topological polar surface area (TPSA) is 34.6 Å². The molecule has 5 heteroatoms. The SMILES string of the molecule is CN1CCN(c2cccc3c2C[C@H](CN2CCC[C@@H]4CCc5cccnc5C42)NC3)CC1. The van der Waals surface area contributed by atoms with E-state index in [-0.39, 0.29) is 0 Å². The van der Waals surface area contributed by atoms with E-state index in [1.54, 1.807) is 5.56 Å². The van der Waals surface area contributed by atoms with Gasteiger partial charge < -0.3 is 15.1 Å². The summed E-state index contributed by atoms with van der Waals surface area (Å²) in [6.45, 7) is 7.95. The summed E-state index contributed by atoms with van der Waals surface area (Å²) >= 11 is 0. The molecule has 6 rings (SSSR count). The van der Waals surface area contributed by atoms with Crippen LogP contribution in [0.25, 0.3) is 0 Å².